The van der Waals surface area contributed by atoms with Crippen molar-refractivity contribution in [3.63, 3.8) is 0 Å². The second-order valence-electron chi connectivity index (χ2n) is 5.81. The summed E-state index contributed by atoms with van der Waals surface area (Å²) in [5.74, 6) is -0.142. The van der Waals surface area contributed by atoms with Gasteiger partial charge in [-0.15, -0.1) is 0 Å². The van der Waals surface area contributed by atoms with Gasteiger partial charge in [0, 0.05) is 25.6 Å². The third kappa shape index (κ3) is 3.32. The number of carbonyl (C=O) groups excluding carboxylic acids is 2. The van der Waals surface area contributed by atoms with Gasteiger partial charge in [-0.1, -0.05) is 13.3 Å². The Bertz CT molecular complexity index is 351. The molecule has 0 saturated carbocycles. The van der Waals surface area contributed by atoms with E-state index in [0.717, 1.165) is 32.5 Å². The first-order chi connectivity index (χ1) is 9.67. The highest BCUT2D eigenvalue weighted by molar-refractivity contribution is 5.88. The van der Waals surface area contributed by atoms with Gasteiger partial charge in [-0.2, -0.15) is 0 Å². The lowest BCUT2D eigenvalue weighted by molar-refractivity contribution is -0.151. The van der Waals surface area contributed by atoms with Crippen LogP contribution in [0, 0.1) is 0 Å². The molecule has 0 aromatic carbocycles. The number of ether oxygens (including phenoxy) is 1. The summed E-state index contributed by atoms with van der Waals surface area (Å²) in [6, 6.07) is -0.133. The highest BCUT2D eigenvalue weighted by Crippen LogP contribution is 2.27. The molecule has 114 valence electrons. The lowest BCUT2D eigenvalue weighted by atomic mass is 10.0. The van der Waals surface area contributed by atoms with Crippen LogP contribution >= 0.6 is 0 Å². The van der Waals surface area contributed by atoms with Gasteiger partial charge in [-0.25, -0.2) is 4.79 Å². The van der Waals surface area contributed by atoms with Gasteiger partial charge < -0.3 is 14.5 Å². The summed E-state index contributed by atoms with van der Waals surface area (Å²) >= 11 is 0. The fourth-order valence-corrected chi connectivity index (χ4v) is 3.33. The van der Waals surface area contributed by atoms with Crippen LogP contribution in [0.25, 0.3) is 0 Å². The minimum absolute atomic E-state index is 0.118. The van der Waals surface area contributed by atoms with Crippen molar-refractivity contribution < 1.29 is 14.3 Å². The maximum Gasteiger partial charge on any atom is 0.328 e. The molecule has 2 heterocycles. The molecule has 1 atom stereocenters. The Labute approximate surface area is 121 Å². The number of carbonyl (C=O) groups is 2. The zero-order valence-corrected chi connectivity index (χ0v) is 12.6. The normalized spacial score (nSPS) is 25.2. The lowest BCUT2D eigenvalue weighted by Gasteiger charge is -2.38. The number of piperidine rings is 1. The molecule has 0 radical (unpaired) electrons. The van der Waals surface area contributed by atoms with Crippen LogP contribution in [0.5, 0.6) is 0 Å². The van der Waals surface area contributed by atoms with Crippen molar-refractivity contribution in [1.29, 1.82) is 0 Å². The third-order valence-electron chi connectivity index (χ3n) is 4.51. The summed E-state index contributed by atoms with van der Waals surface area (Å²) < 4.78 is 4.83. The second kappa shape index (κ2) is 7.07. The topological polar surface area (TPSA) is 49.9 Å². The van der Waals surface area contributed by atoms with E-state index >= 15 is 0 Å². The Hall–Kier alpha value is -1.10. The number of unbranched alkanes of at least 4 members (excludes halogenated alkanes) is 1. The predicted octanol–water partition coefficient (Wildman–Crippen LogP) is 1.41. The Morgan fingerprint density at radius 3 is 2.60 bits per heavy atom. The van der Waals surface area contributed by atoms with Crippen molar-refractivity contribution in [2.45, 2.75) is 57.5 Å². The van der Waals surface area contributed by atoms with Crippen molar-refractivity contribution in [1.82, 2.24) is 9.80 Å². The Morgan fingerprint density at radius 1 is 1.30 bits per heavy atom. The second-order valence-corrected chi connectivity index (χ2v) is 5.81. The molecule has 1 unspecified atom stereocenters. The first-order valence-corrected chi connectivity index (χ1v) is 7.78. The Kier molecular flexibility index (Phi) is 5.40. The van der Waals surface area contributed by atoms with Crippen molar-refractivity contribution in [2.75, 3.05) is 26.7 Å². The van der Waals surface area contributed by atoms with Gasteiger partial charge in [-0.3, -0.25) is 4.79 Å². The van der Waals surface area contributed by atoms with Crippen molar-refractivity contribution in [3.05, 3.63) is 0 Å². The minimum atomic E-state index is -0.348. The fourth-order valence-electron chi connectivity index (χ4n) is 3.33. The van der Waals surface area contributed by atoms with Crippen LogP contribution in [0.3, 0.4) is 0 Å². The molecule has 5 heteroatoms. The number of rotatable bonds is 5. The van der Waals surface area contributed by atoms with Gasteiger partial charge in [0.25, 0.3) is 0 Å². The summed E-state index contributed by atoms with van der Waals surface area (Å²) in [7, 11) is 1.40. The van der Waals surface area contributed by atoms with E-state index < -0.39 is 0 Å². The van der Waals surface area contributed by atoms with E-state index in [2.05, 4.69) is 11.8 Å². The predicted molar refractivity (Wildman–Crippen MR) is 76.3 cm³/mol. The van der Waals surface area contributed by atoms with E-state index in [-0.39, 0.29) is 24.0 Å². The zero-order valence-electron chi connectivity index (χ0n) is 12.6. The molecule has 0 aromatic heterocycles. The molecule has 1 amide bonds. The van der Waals surface area contributed by atoms with E-state index in [1.165, 1.54) is 20.0 Å². The summed E-state index contributed by atoms with van der Waals surface area (Å²) in [6.07, 6.45) is 5.50. The smallest absolute Gasteiger partial charge is 0.328 e. The van der Waals surface area contributed by atoms with Crippen LogP contribution in [0.15, 0.2) is 0 Å². The molecular formula is C15H26N2O3. The molecule has 2 rings (SSSR count). The number of hydrogen-bond acceptors (Lipinski definition) is 4. The highest BCUT2D eigenvalue weighted by atomic mass is 16.5. The van der Waals surface area contributed by atoms with Crippen molar-refractivity contribution in [3.8, 4) is 0 Å². The van der Waals surface area contributed by atoms with E-state index in [1.54, 1.807) is 0 Å². The molecule has 0 aromatic rings. The maximum absolute atomic E-state index is 12.1. The number of methoxy groups -OCH3 is 1. The molecule has 0 aliphatic carbocycles. The first-order valence-electron chi connectivity index (χ1n) is 7.78. The van der Waals surface area contributed by atoms with Crippen LogP contribution in [0.2, 0.25) is 0 Å². The number of amides is 1. The fraction of sp³-hybridized carbons (Fsp3) is 0.867. The summed E-state index contributed by atoms with van der Waals surface area (Å²) in [5, 5.41) is 0. The largest absolute Gasteiger partial charge is 0.467 e. The molecule has 2 aliphatic heterocycles. The molecule has 2 saturated heterocycles. The highest BCUT2D eigenvalue weighted by Gasteiger charge is 2.41. The lowest BCUT2D eigenvalue weighted by Crippen LogP contribution is -2.50. The van der Waals surface area contributed by atoms with E-state index in [4.69, 9.17) is 4.74 Å². The van der Waals surface area contributed by atoms with E-state index in [0.29, 0.717) is 12.8 Å². The summed E-state index contributed by atoms with van der Waals surface area (Å²) in [5.41, 5.74) is 0. The van der Waals surface area contributed by atoms with Crippen molar-refractivity contribution in [2.24, 2.45) is 0 Å². The molecule has 2 aliphatic rings. The SMILES string of the molecule is CCCCN1CCC(N2C(=O)CCC2C(=O)OC)CC1. The summed E-state index contributed by atoms with van der Waals surface area (Å²) in [4.78, 5) is 28.1. The number of esters is 1. The monoisotopic (exact) mass is 282 g/mol. The molecule has 0 N–H and O–H groups in total. The molecule has 0 bridgehead atoms. The first kappa shape index (κ1) is 15.3. The quantitative estimate of drug-likeness (QED) is 0.716. The molecule has 0 spiro atoms. The number of hydrogen-bond donors (Lipinski definition) is 0. The zero-order chi connectivity index (χ0) is 14.5. The number of likely N-dealkylation sites (tertiary alicyclic amines) is 2. The number of nitrogens with zero attached hydrogens (tertiary/aromatic N) is 2. The average molecular weight is 282 g/mol. The van der Waals surface area contributed by atoms with Gasteiger partial charge in [0.05, 0.1) is 7.11 Å². The van der Waals surface area contributed by atoms with Crippen LogP contribution in [-0.2, 0) is 14.3 Å². The van der Waals surface area contributed by atoms with Crippen LogP contribution in [0.1, 0.15) is 45.4 Å². The molecule has 2 fully saturated rings. The van der Waals surface area contributed by atoms with Crippen LogP contribution in [0.4, 0.5) is 0 Å². The van der Waals surface area contributed by atoms with Crippen LogP contribution in [-0.4, -0.2) is 60.5 Å². The van der Waals surface area contributed by atoms with E-state index in [9.17, 15) is 9.59 Å². The standard InChI is InChI=1S/C15H26N2O3/c1-3-4-9-16-10-7-12(8-11-16)17-13(15(19)20-2)5-6-14(17)18/h12-13H,3-11H2,1-2H3. The third-order valence-corrected chi connectivity index (χ3v) is 4.51. The minimum Gasteiger partial charge on any atom is -0.467 e. The summed E-state index contributed by atoms with van der Waals surface area (Å²) in [6.45, 7) is 5.42. The van der Waals surface area contributed by atoms with Gasteiger partial charge in [0.15, 0.2) is 0 Å². The van der Waals surface area contributed by atoms with Crippen LogP contribution < -0.4 is 0 Å². The Balaban J connectivity index is 1.91. The van der Waals surface area contributed by atoms with Gasteiger partial charge in [0.2, 0.25) is 5.91 Å². The van der Waals surface area contributed by atoms with Gasteiger partial charge >= 0.3 is 5.97 Å². The van der Waals surface area contributed by atoms with E-state index in [1.807, 2.05) is 4.90 Å². The molecular weight excluding hydrogens is 256 g/mol. The molecule has 20 heavy (non-hydrogen) atoms. The molecule has 5 nitrogen and oxygen atoms in total. The average Bonchev–Trinajstić information content (AvgIpc) is 2.86. The van der Waals surface area contributed by atoms with Crippen molar-refractivity contribution >= 4 is 11.9 Å². The maximum atomic E-state index is 12.1. The van der Waals surface area contributed by atoms with Gasteiger partial charge in [-0.05, 0) is 32.2 Å². The Morgan fingerprint density at radius 2 is 2.00 bits per heavy atom. The van der Waals surface area contributed by atoms with Gasteiger partial charge in [0.1, 0.15) is 6.04 Å².